The van der Waals surface area contributed by atoms with Gasteiger partial charge in [-0.15, -0.1) is 20.2 Å². The van der Waals surface area contributed by atoms with Gasteiger partial charge >= 0.3 is 5.97 Å². The highest BCUT2D eigenvalue weighted by atomic mass is 17.0. The number of hydrogen-bond acceptors (Lipinski definition) is 13. The SMILES string of the molecule is C[C@H]1OC(O[C@H]2CC[C@]3(CO)[C@H]4CC[C@]5(C)[C@@H](C6=CC(=O)OC6)CC[C@]5(O)[C@@H]4CC[C@]3(O)C2)C[C@H](O[N+](=O)[O-])[C@@H]1O[N+](=O)[O-]. The summed E-state index contributed by atoms with van der Waals surface area (Å²) in [5.74, 6) is -0.558. The van der Waals surface area contributed by atoms with Crippen molar-refractivity contribution in [2.75, 3.05) is 13.2 Å². The van der Waals surface area contributed by atoms with Gasteiger partial charge in [0.05, 0.1) is 30.0 Å². The Bertz CT molecular complexity index is 1220. The molecule has 0 aromatic heterocycles. The smallest absolute Gasteiger partial charge is 0.331 e. The van der Waals surface area contributed by atoms with E-state index >= 15 is 0 Å². The summed E-state index contributed by atoms with van der Waals surface area (Å²) in [5.41, 5.74) is -2.65. The van der Waals surface area contributed by atoms with Gasteiger partial charge in [-0.1, -0.05) is 6.92 Å². The first-order valence-corrected chi connectivity index (χ1v) is 15.6. The van der Waals surface area contributed by atoms with Crippen LogP contribution in [0, 0.1) is 48.8 Å². The average Bonchev–Trinajstić information content (AvgIpc) is 3.49. The van der Waals surface area contributed by atoms with Gasteiger partial charge in [-0.05, 0) is 81.6 Å². The molecule has 2 aliphatic heterocycles. The molecule has 0 radical (unpaired) electrons. The van der Waals surface area contributed by atoms with Gasteiger partial charge in [-0.2, -0.15) is 0 Å². The molecule has 0 aromatic carbocycles. The van der Waals surface area contributed by atoms with Gasteiger partial charge in [0, 0.05) is 29.7 Å². The highest BCUT2D eigenvalue weighted by Gasteiger charge is 2.71. The quantitative estimate of drug-likeness (QED) is 0.153. The minimum atomic E-state index is -1.32. The maximum atomic E-state index is 12.4. The van der Waals surface area contributed by atoms with Crippen molar-refractivity contribution in [3.63, 3.8) is 0 Å². The molecular weight excluding hydrogens is 584 g/mol. The highest BCUT2D eigenvalue weighted by Crippen LogP contribution is 2.70. The second kappa shape index (κ2) is 11.0. The summed E-state index contributed by atoms with van der Waals surface area (Å²) in [6.07, 6.45) is 1.12. The van der Waals surface area contributed by atoms with Gasteiger partial charge in [0.1, 0.15) is 12.7 Å². The van der Waals surface area contributed by atoms with Crippen molar-refractivity contribution in [3.05, 3.63) is 31.9 Å². The normalized spacial score (nSPS) is 48.3. The predicted octanol–water partition coefficient (Wildman–Crippen LogP) is 2.00. The van der Waals surface area contributed by atoms with Crippen LogP contribution in [0.25, 0.3) is 0 Å². The van der Waals surface area contributed by atoms with E-state index in [1.54, 1.807) is 6.08 Å². The molecule has 6 rings (SSSR count). The van der Waals surface area contributed by atoms with Gasteiger partial charge in [-0.25, -0.2) is 4.79 Å². The largest absolute Gasteiger partial charge is 0.458 e. The Morgan fingerprint density at radius 3 is 2.41 bits per heavy atom. The lowest BCUT2D eigenvalue weighted by atomic mass is 9.41. The van der Waals surface area contributed by atoms with Crippen LogP contribution in [0.5, 0.6) is 0 Å². The summed E-state index contributed by atoms with van der Waals surface area (Å²) in [6, 6.07) is 0. The van der Waals surface area contributed by atoms with Crippen molar-refractivity contribution in [3.8, 4) is 0 Å². The van der Waals surface area contributed by atoms with Gasteiger partial charge < -0.3 is 39.2 Å². The van der Waals surface area contributed by atoms with E-state index in [1.165, 1.54) is 6.92 Å². The fourth-order valence-electron chi connectivity index (χ4n) is 10.4. The minimum absolute atomic E-state index is 0.0336. The van der Waals surface area contributed by atoms with Gasteiger partial charge in [-0.3, -0.25) is 0 Å². The summed E-state index contributed by atoms with van der Waals surface area (Å²) in [4.78, 5) is 43.2. The van der Waals surface area contributed by atoms with E-state index in [2.05, 4.69) is 16.6 Å². The summed E-state index contributed by atoms with van der Waals surface area (Å²) >= 11 is 0. The summed E-state index contributed by atoms with van der Waals surface area (Å²) in [6.45, 7) is 3.62. The molecule has 12 atom stereocenters. The van der Waals surface area contributed by atoms with Crippen LogP contribution in [0.15, 0.2) is 11.6 Å². The van der Waals surface area contributed by atoms with Crippen LogP contribution in [0.2, 0.25) is 0 Å². The maximum absolute atomic E-state index is 12.4. The Morgan fingerprint density at radius 2 is 1.75 bits per heavy atom. The van der Waals surface area contributed by atoms with E-state index < -0.39 is 62.9 Å². The molecule has 3 N–H and O–H groups in total. The number of cyclic esters (lactones) is 1. The molecule has 4 saturated carbocycles. The van der Waals surface area contributed by atoms with E-state index in [-0.39, 0.29) is 49.8 Å². The highest BCUT2D eigenvalue weighted by molar-refractivity contribution is 5.85. The lowest BCUT2D eigenvalue weighted by Gasteiger charge is -2.66. The first-order chi connectivity index (χ1) is 20.7. The molecule has 4 aliphatic carbocycles. The number of nitrogens with zero attached hydrogens (tertiary/aromatic N) is 2. The Morgan fingerprint density at radius 1 is 1.02 bits per heavy atom. The van der Waals surface area contributed by atoms with E-state index in [0.717, 1.165) is 18.4 Å². The van der Waals surface area contributed by atoms with Crippen molar-refractivity contribution in [1.29, 1.82) is 0 Å². The second-order valence-electron chi connectivity index (χ2n) is 14.1. The molecule has 0 spiro atoms. The molecule has 44 heavy (non-hydrogen) atoms. The number of rotatable bonds is 8. The fraction of sp³-hybridized carbons (Fsp3) is 0.897. The first-order valence-electron chi connectivity index (χ1n) is 15.6. The topological polar surface area (TPSA) is 210 Å². The van der Waals surface area contributed by atoms with Crippen molar-refractivity contribution < 1.29 is 54.2 Å². The van der Waals surface area contributed by atoms with Crippen LogP contribution in [0.4, 0.5) is 0 Å². The Balaban J connectivity index is 1.17. The molecule has 15 heteroatoms. The van der Waals surface area contributed by atoms with E-state index in [4.69, 9.17) is 14.2 Å². The molecular formula is C29H42N2O13. The third-order valence-corrected chi connectivity index (χ3v) is 12.4. The van der Waals surface area contributed by atoms with Crippen LogP contribution in [0.1, 0.15) is 78.1 Å². The zero-order valence-electron chi connectivity index (χ0n) is 25.0. The van der Waals surface area contributed by atoms with Gasteiger partial charge in [0.15, 0.2) is 12.4 Å². The number of carbonyl (C=O) groups excluding carboxylic acids is 1. The standard InChI is InChI=1S/C29H42N2O13/c1-16-25(44-31(38)39)22(43-30(36)37)12-24(41-16)42-18-3-8-27(15-32)20-4-7-26(2)19(17-11-23(33)40-14-17)6-10-29(26,35)21(20)5-9-28(27,34)13-18/h11,16,18-22,24-25,32,34-35H,3-10,12-15H2,1-2H3/t16-,18+,19-,20+,21-,22+,24?,25-,26-,27+,28+,29+/m1/s1. The Kier molecular flexibility index (Phi) is 7.88. The van der Waals surface area contributed by atoms with Gasteiger partial charge in [0.2, 0.25) is 0 Å². The number of hydrogen-bond donors (Lipinski definition) is 3. The van der Waals surface area contributed by atoms with Crippen LogP contribution >= 0.6 is 0 Å². The zero-order valence-corrected chi connectivity index (χ0v) is 25.0. The monoisotopic (exact) mass is 626 g/mol. The van der Waals surface area contributed by atoms with Crippen LogP contribution < -0.4 is 0 Å². The lowest BCUT2D eigenvalue weighted by molar-refractivity contribution is -0.803. The summed E-state index contributed by atoms with van der Waals surface area (Å²) < 4.78 is 17.2. The third-order valence-electron chi connectivity index (χ3n) is 12.4. The van der Waals surface area contributed by atoms with Crippen LogP contribution in [-0.2, 0) is 28.7 Å². The Labute approximate surface area is 254 Å². The molecule has 6 aliphatic rings. The van der Waals surface area contributed by atoms with E-state index in [0.29, 0.717) is 38.5 Å². The number of esters is 1. The molecule has 5 fully saturated rings. The third kappa shape index (κ3) is 4.77. The maximum Gasteiger partial charge on any atom is 0.331 e. The first kappa shape index (κ1) is 31.4. The molecule has 2 heterocycles. The fourth-order valence-corrected chi connectivity index (χ4v) is 10.4. The Hall–Kier alpha value is -2.59. The second-order valence-corrected chi connectivity index (χ2v) is 14.1. The molecule has 1 saturated heterocycles. The van der Waals surface area contributed by atoms with E-state index in [9.17, 15) is 40.3 Å². The van der Waals surface area contributed by atoms with Crippen molar-refractivity contribution in [2.45, 2.75) is 120 Å². The average molecular weight is 627 g/mol. The minimum Gasteiger partial charge on any atom is -0.458 e. The number of aliphatic hydroxyl groups is 3. The number of carbonyl (C=O) groups is 1. The number of fused-ring (bicyclic) bond motifs is 5. The van der Waals surface area contributed by atoms with E-state index in [1.807, 2.05) is 0 Å². The molecule has 0 bridgehead atoms. The molecule has 0 aromatic rings. The lowest BCUT2D eigenvalue weighted by Crippen LogP contribution is -2.69. The summed E-state index contributed by atoms with van der Waals surface area (Å²) in [7, 11) is 0. The van der Waals surface area contributed by atoms with Crippen LogP contribution in [-0.4, -0.2) is 86.6 Å². The molecule has 1 unspecified atom stereocenters. The van der Waals surface area contributed by atoms with Crippen molar-refractivity contribution in [2.24, 2.45) is 28.6 Å². The van der Waals surface area contributed by atoms with Gasteiger partial charge in [0.25, 0.3) is 10.2 Å². The predicted molar refractivity (Wildman–Crippen MR) is 146 cm³/mol. The number of ether oxygens (including phenoxy) is 3. The molecule has 15 nitrogen and oxygen atoms in total. The number of aliphatic hydroxyl groups excluding tert-OH is 1. The summed E-state index contributed by atoms with van der Waals surface area (Å²) in [5, 5.41) is 55.6. The van der Waals surface area contributed by atoms with Crippen LogP contribution in [0.3, 0.4) is 0 Å². The molecule has 0 amide bonds. The molecule has 246 valence electrons. The zero-order chi connectivity index (χ0) is 31.7. The van der Waals surface area contributed by atoms with Crippen molar-refractivity contribution in [1.82, 2.24) is 0 Å². The van der Waals surface area contributed by atoms with Crippen molar-refractivity contribution >= 4 is 5.97 Å².